The number of ether oxygens (including phenoxy) is 1. The molecule has 0 saturated heterocycles. The van der Waals surface area contributed by atoms with Gasteiger partial charge in [0.15, 0.2) is 0 Å². The van der Waals surface area contributed by atoms with Crippen molar-refractivity contribution in [2.45, 2.75) is 6.54 Å². The zero-order valence-electron chi connectivity index (χ0n) is 8.64. The molecule has 84 valence electrons. The molecule has 1 aromatic heterocycles. The summed E-state index contributed by atoms with van der Waals surface area (Å²) in [4.78, 5) is 0. The molecule has 0 unspecified atom stereocenters. The van der Waals surface area contributed by atoms with Crippen molar-refractivity contribution in [1.29, 1.82) is 0 Å². The van der Waals surface area contributed by atoms with Gasteiger partial charge in [0.25, 0.3) is 0 Å². The minimum Gasteiger partial charge on any atom is -0.492 e. The molecule has 2 aromatic rings. The normalized spacial score (nSPS) is 10.3. The van der Waals surface area contributed by atoms with E-state index in [1.54, 1.807) is 29.1 Å². The van der Waals surface area contributed by atoms with E-state index in [0.717, 1.165) is 0 Å². The first-order valence-electron chi connectivity index (χ1n) is 4.91. The van der Waals surface area contributed by atoms with E-state index in [0.29, 0.717) is 24.7 Å². The minimum absolute atomic E-state index is 0.305. The van der Waals surface area contributed by atoms with Gasteiger partial charge < -0.3 is 10.5 Å². The summed E-state index contributed by atoms with van der Waals surface area (Å²) in [6.07, 6.45) is 1.77. The fourth-order valence-electron chi connectivity index (χ4n) is 1.32. The van der Waals surface area contributed by atoms with E-state index in [4.69, 9.17) is 10.5 Å². The molecule has 2 rings (SSSR count). The van der Waals surface area contributed by atoms with Gasteiger partial charge in [0.2, 0.25) is 0 Å². The van der Waals surface area contributed by atoms with Crippen molar-refractivity contribution in [3.8, 4) is 5.75 Å². The number of nitrogens with zero attached hydrogens (tertiary/aromatic N) is 2. The summed E-state index contributed by atoms with van der Waals surface area (Å²) >= 11 is 0. The van der Waals surface area contributed by atoms with E-state index >= 15 is 0 Å². The van der Waals surface area contributed by atoms with E-state index in [1.807, 2.05) is 0 Å². The van der Waals surface area contributed by atoms with Crippen molar-refractivity contribution in [3.05, 3.63) is 42.3 Å². The molecule has 16 heavy (non-hydrogen) atoms. The van der Waals surface area contributed by atoms with Gasteiger partial charge >= 0.3 is 0 Å². The van der Waals surface area contributed by atoms with Crippen molar-refractivity contribution in [2.24, 2.45) is 0 Å². The van der Waals surface area contributed by atoms with Crippen LogP contribution in [0.25, 0.3) is 0 Å². The predicted molar refractivity (Wildman–Crippen MR) is 58.5 cm³/mol. The van der Waals surface area contributed by atoms with Crippen LogP contribution in [0, 0.1) is 5.82 Å². The first-order valence-corrected chi connectivity index (χ1v) is 4.91. The van der Waals surface area contributed by atoms with Crippen LogP contribution in [0.4, 0.5) is 10.2 Å². The maximum absolute atomic E-state index is 12.8. The zero-order chi connectivity index (χ0) is 11.4. The Balaban J connectivity index is 1.84. The lowest BCUT2D eigenvalue weighted by molar-refractivity contribution is 0.290. The first-order chi connectivity index (χ1) is 7.74. The van der Waals surface area contributed by atoms with Crippen molar-refractivity contribution in [3.63, 3.8) is 0 Å². The van der Waals surface area contributed by atoms with Crippen molar-refractivity contribution >= 4 is 5.82 Å². The molecule has 1 heterocycles. The quantitative estimate of drug-likeness (QED) is 0.854. The molecular formula is C11H12FN3O. The number of aromatic nitrogens is 2. The van der Waals surface area contributed by atoms with E-state index in [-0.39, 0.29) is 5.82 Å². The summed E-state index contributed by atoms with van der Waals surface area (Å²) in [5.74, 6) is 0.687. The monoisotopic (exact) mass is 221 g/mol. The highest BCUT2D eigenvalue weighted by Crippen LogP contribution is 2.11. The summed E-state index contributed by atoms with van der Waals surface area (Å²) in [6.45, 7) is 0.998. The van der Waals surface area contributed by atoms with Gasteiger partial charge in [-0.25, -0.2) is 4.39 Å². The second kappa shape index (κ2) is 4.65. The summed E-state index contributed by atoms with van der Waals surface area (Å²) in [7, 11) is 0. The second-order valence-corrected chi connectivity index (χ2v) is 3.31. The Morgan fingerprint density at radius 2 is 2.25 bits per heavy atom. The van der Waals surface area contributed by atoms with Crippen LogP contribution < -0.4 is 10.5 Å². The molecular weight excluding hydrogens is 209 g/mol. The first kappa shape index (κ1) is 10.5. The second-order valence-electron chi connectivity index (χ2n) is 3.31. The molecule has 0 saturated carbocycles. The average Bonchev–Trinajstić information content (AvgIpc) is 2.64. The van der Waals surface area contributed by atoms with Crippen LogP contribution in [0.1, 0.15) is 0 Å². The molecule has 5 heteroatoms. The highest BCUT2D eigenvalue weighted by molar-refractivity contribution is 5.24. The largest absolute Gasteiger partial charge is 0.492 e. The van der Waals surface area contributed by atoms with Gasteiger partial charge in [-0.3, -0.25) is 4.68 Å². The van der Waals surface area contributed by atoms with Crippen molar-refractivity contribution in [1.82, 2.24) is 9.78 Å². The van der Waals surface area contributed by atoms with Crippen LogP contribution in [0.2, 0.25) is 0 Å². The van der Waals surface area contributed by atoms with Gasteiger partial charge in [-0.1, -0.05) is 6.07 Å². The summed E-state index contributed by atoms with van der Waals surface area (Å²) in [5, 5.41) is 4.00. The molecule has 0 atom stereocenters. The Labute approximate surface area is 92.4 Å². The lowest BCUT2D eigenvalue weighted by Gasteiger charge is -2.05. The van der Waals surface area contributed by atoms with E-state index < -0.39 is 0 Å². The molecule has 0 aliphatic carbocycles. The molecule has 0 aliphatic rings. The highest BCUT2D eigenvalue weighted by Gasteiger charge is 1.97. The third-order valence-electron chi connectivity index (χ3n) is 2.05. The predicted octanol–water partition coefficient (Wildman–Crippen LogP) is 1.68. The zero-order valence-corrected chi connectivity index (χ0v) is 8.64. The van der Waals surface area contributed by atoms with Crippen LogP contribution in [0.3, 0.4) is 0 Å². The lowest BCUT2D eigenvalue weighted by atomic mass is 10.3. The summed E-state index contributed by atoms with van der Waals surface area (Å²) in [5.41, 5.74) is 5.46. The number of benzene rings is 1. The fraction of sp³-hybridized carbons (Fsp3) is 0.182. The summed E-state index contributed by atoms with van der Waals surface area (Å²) in [6, 6.07) is 7.75. The van der Waals surface area contributed by atoms with Crippen molar-refractivity contribution in [2.75, 3.05) is 12.3 Å². The molecule has 0 spiro atoms. The van der Waals surface area contributed by atoms with E-state index in [2.05, 4.69) is 5.10 Å². The smallest absolute Gasteiger partial charge is 0.145 e. The van der Waals surface area contributed by atoms with Gasteiger partial charge in [0.05, 0.1) is 6.54 Å². The SMILES string of the molecule is Nc1ccn(CCOc2cccc(F)c2)n1. The van der Waals surface area contributed by atoms with E-state index in [1.165, 1.54) is 12.1 Å². The molecule has 0 radical (unpaired) electrons. The standard InChI is InChI=1S/C11H12FN3O/c12-9-2-1-3-10(8-9)16-7-6-15-5-4-11(13)14-15/h1-5,8H,6-7H2,(H2,13,14). The van der Waals surface area contributed by atoms with Crippen molar-refractivity contribution < 1.29 is 9.13 Å². The Kier molecular flexibility index (Phi) is 3.05. The number of anilines is 1. The maximum atomic E-state index is 12.8. The third kappa shape index (κ3) is 2.73. The average molecular weight is 221 g/mol. The van der Waals surface area contributed by atoms with Gasteiger partial charge in [-0.2, -0.15) is 5.10 Å². The number of nitrogen functional groups attached to an aromatic ring is 1. The van der Waals surface area contributed by atoms with Crippen LogP contribution in [-0.4, -0.2) is 16.4 Å². The molecule has 0 bridgehead atoms. The topological polar surface area (TPSA) is 53.1 Å². The number of halogens is 1. The summed E-state index contributed by atoms with van der Waals surface area (Å²) < 4.78 is 19.8. The van der Waals surface area contributed by atoms with Crippen LogP contribution in [0.15, 0.2) is 36.5 Å². The highest BCUT2D eigenvalue weighted by atomic mass is 19.1. The molecule has 2 N–H and O–H groups in total. The lowest BCUT2D eigenvalue weighted by Crippen LogP contribution is -2.09. The number of hydrogen-bond donors (Lipinski definition) is 1. The van der Waals surface area contributed by atoms with Gasteiger partial charge in [-0.05, 0) is 18.2 Å². The fourth-order valence-corrected chi connectivity index (χ4v) is 1.32. The van der Waals surface area contributed by atoms with E-state index in [9.17, 15) is 4.39 Å². The number of hydrogen-bond acceptors (Lipinski definition) is 3. The number of rotatable bonds is 4. The number of nitrogens with two attached hydrogens (primary N) is 1. The molecule has 0 aliphatic heterocycles. The molecule has 1 aromatic carbocycles. The maximum Gasteiger partial charge on any atom is 0.145 e. The van der Waals surface area contributed by atoms with Crippen LogP contribution in [0.5, 0.6) is 5.75 Å². The third-order valence-corrected chi connectivity index (χ3v) is 2.05. The van der Waals surface area contributed by atoms with Gasteiger partial charge in [0, 0.05) is 12.3 Å². The Bertz CT molecular complexity index is 470. The van der Waals surface area contributed by atoms with Gasteiger partial charge in [-0.15, -0.1) is 0 Å². The molecule has 4 nitrogen and oxygen atoms in total. The van der Waals surface area contributed by atoms with Gasteiger partial charge in [0.1, 0.15) is 24.0 Å². The Morgan fingerprint density at radius 3 is 2.94 bits per heavy atom. The van der Waals surface area contributed by atoms with Crippen LogP contribution >= 0.6 is 0 Å². The Hall–Kier alpha value is -2.04. The Morgan fingerprint density at radius 1 is 1.38 bits per heavy atom. The van der Waals surface area contributed by atoms with Crippen LogP contribution in [-0.2, 0) is 6.54 Å². The molecule has 0 fully saturated rings. The minimum atomic E-state index is -0.305. The molecule has 0 amide bonds.